The van der Waals surface area contributed by atoms with Crippen LogP contribution in [0, 0.1) is 0 Å². The van der Waals surface area contributed by atoms with Crippen molar-refractivity contribution in [3.8, 4) is 0 Å². The number of hydrogen-bond donors (Lipinski definition) is 0. The molecule has 0 radical (unpaired) electrons. The molecule has 0 spiro atoms. The van der Waals surface area contributed by atoms with E-state index in [0.29, 0.717) is 0 Å². The van der Waals surface area contributed by atoms with Gasteiger partial charge in [-0.1, -0.05) is 0 Å². The van der Waals surface area contributed by atoms with Gasteiger partial charge in [0.05, 0.1) is 0 Å². The van der Waals surface area contributed by atoms with Crippen LogP contribution >= 0.6 is 0 Å². The van der Waals surface area contributed by atoms with Crippen molar-refractivity contribution < 1.29 is 7.51 Å². The number of ether oxygens (including phenoxy) is 1. The fourth-order valence-electron chi connectivity index (χ4n) is 0.156. The van der Waals surface area contributed by atoms with Crippen molar-refractivity contribution >= 4 is 50.9 Å². The Morgan fingerprint density at radius 3 is 3.00 bits per heavy atom. The van der Waals surface area contributed by atoms with Crippen LogP contribution in [-0.2, 0) is 7.51 Å². The van der Waals surface area contributed by atoms with Crippen molar-refractivity contribution in [1.29, 1.82) is 0 Å². The zero-order valence-electron chi connectivity index (χ0n) is 3.36. The Morgan fingerprint density at radius 2 is 2.57 bits per heavy atom. The second-order valence-electron chi connectivity index (χ2n) is 1.00. The van der Waals surface area contributed by atoms with Gasteiger partial charge in [0.15, 0.2) is 0 Å². The van der Waals surface area contributed by atoms with E-state index in [-0.39, 0.29) is 37.1 Å². The van der Waals surface area contributed by atoms with E-state index in [1.54, 1.807) is 20.1 Å². The van der Waals surface area contributed by atoms with E-state index < -0.39 is 0 Å². The Kier molecular flexibility index (Phi) is 4.88. The van der Waals surface area contributed by atoms with E-state index in [2.05, 4.69) is 0 Å². The number of rotatable bonds is 1. The van der Waals surface area contributed by atoms with Gasteiger partial charge >= 0.3 is 71.3 Å². The van der Waals surface area contributed by atoms with Crippen LogP contribution in [0.25, 0.3) is 0 Å². The molecule has 1 aliphatic heterocycles. The fraction of sp³-hybridized carbons (Fsp3) is 1.00. The van der Waals surface area contributed by atoms with E-state index in [1.165, 1.54) is 0 Å². The van der Waals surface area contributed by atoms with Gasteiger partial charge in [0.1, 0.15) is 0 Å². The minimum atomic E-state index is -0.177. The summed E-state index contributed by atoms with van der Waals surface area (Å²) >= 11 is 1.67. The summed E-state index contributed by atoms with van der Waals surface area (Å²) in [4.78, 5) is 0. The van der Waals surface area contributed by atoms with Crippen molar-refractivity contribution in [3.05, 3.63) is 0 Å². The van der Waals surface area contributed by atoms with Crippen LogP contribution in [0.1, 0.15) is 0 Å². The summed E-state index contributed by atoms with van der Waals surface area (Å²) in [5, 5.41) is 0. The maximum atomic E-state index is 5.35. The summed E-state index contributed by atoms with van der Waals surface area (Å²) < 4.78 is 10.2. The maximum absolute atomic E-state index is 5.35. The molecule has 0 saturated carbocycles. The van der Waals surface area contributed by atoms with Gasteiger partial charge in [-0.3, -0.25) is 0 Å². The van der Waals surface area contributed by atoms with Crippen molar-refractivity contribution in [3.63, 3.8) is 0 Å². The van der Waals surface area contributed by atoms with Gasteiger partial charge in [-0.25, -0.2) is 0 Å². The van der Waals surface area contributed by atoms with E-state index in [4.69, 9.17) is 7.51 Å². The third-order valence-corrected chi connectivity index (χ3v) is 24.8. The molecule has 1 fully saturated rings. The summed E-state index contributed by atoms with van der Waals surface area (Å²) in [7, 11) is 0. The summed E-state index contributed by atoms with van der Waals surface area (Å²) in [5.74, 6) is 0. The van der Waals surface area contributed by atoms with Gasteiger partial charge in [-0.2, -0.15) is 0 Å². The Morgan fingerprint density at radius 1 is 1.86 bits per heavy atom. The Hall–Kier alpha value is 2.61. The molecule has 0 aliphatic carbocycles. The fourth-order valence-corrected chi connectivity index (χ4v) is 15.8. The molecule has 0 aromatic rings. The zero-order valence-corrected chi connectivity index (χ0v) is 13.2. The molecule has 1 atom stereocenters. The Labute approximate surface area is 69.7 Å². The van der Waals surface area contributed by atoms with Gasteiger partial charge in [-0.15, -0.1) is 0 Å². The first kappa shape index (κ1) is 7.71. The Balaban J connectivity index is 2.05. The average Bonchev–Trinajstić information content (AvgIpc) is 2.42. The first-order chi connectivity index (χ1) is 3.43. The molecule has 1 unspecified atom stereocenters. The molecule has 1 aliphatic rings. The molecule has 1 saturated heterocycles. The molecule has 2 nitrogen and oxygen atoms in total. The second kappa shape index (κ2) is 4.43. The van der Waals surface area contributed by atoms with E-state index >= 15 is 0 Å². The molecule has 42 valence electrons. The Bertz CT molecular complexity index is 110. The first-order valence-electron chi connectivity index (χ1n) is 1.68. The molecule has 1 rings (SSSR count). The molecule has 1 heterocycles. The summed E-state index contributed by atoms with van der Waals surface area (Å²) in [6, 6.07) is 0. The van der Waals surface area contributed by atoms with Gasteiger partial charge in [0, 0.05) is 0 Å². The molecule has 0 aromatic carbocycles. The predicted octanol–water partition coefficient (Wildman–Crippen LogP) is -1.59. The standard InChI is InChI=1S/C2H3O2.3Po.H/c3-2-1-4-2;;;;/h2H,1H2;;;;/q-1;;;+1;. The molecule has 0 N–H and O–H groups in total. The molecule has 0 amide bonds. The number of hydrogen-bond acceptors (Lipinski definition) is 2. The van der Waals surface area contributed by atoms with Crippen LogP contribution in [0.15, 0.2) is 0 Å². The minimum absolute atomic E-state index is 0.177. The van der Waals surface area contributed by atoms with Crippen LogP contribution in [0.4, 0.5) is 0 Å². The van der Waals surface area contributed by atoms with Crippen LogP contribution in [-0.4, -0.2) is 63.8 Å². The summed E-state index contributed by atoms with van der Waals surface area (Å²) in [6.07, 6.45) is 0.286. The average molecular weight is 687 g/mol. The van der Waals surface area contributed by atoms with Crippen LogP contribution in [0.5, 0.6) is 0 Å². The van der Waals surface area contributed by atoms with Gasteiger partial charge in [0.25, 0.3) is 0 Å². The van der Waals surface area contributed by atoms with E-state index in [0.717, 1.165) is 6.61 Å². The van der Waals surface area contributed by atoms with Crippen LogP contribution in [0.2, 0.25) is 0 Å². The van der Waals surface area contributed by atoms with Crippen molar-refractivity contribution in [1.82, 2.24) is 0 Å². The topological polar surface area (TPSA) is 21.8 Å². The monoisotopic (exact) mass is 687 g/mol. The normalized spacial score (nSPS) is 26.7. The molecule has 0 aromatic heterocycles. The molecular weight excluding hydrogens is 683 g/mol. The van der Waals surface area contributed by atoms with Crippen molar-refractivity contribution in [2.75, 3.05) is 6.61 Å². The zero-order chi connectivity index (χ0) is 5.11. The van der Waals surface area contributed by atoms with E-state index in [1.807, 2.05) is 0 Å². The second-order valence-corrected chi connectivity index (χ2v) is 57.2. The molecule has 7 heavy (non-hydrogen) atoms. The van der Waals surface area contributed by atoms with Crippen LogP contribution in [0.3, 0.4) is 0 Å². The SMILES string of the molecule is [PoH][Po]#[Po][O]C1CO1. The quantitative estimate of drug-likeness (QED) is 0.311. The number of epoxide rings is 1. The van der Waals surface area contributed by atoms with Crippen LogP contribution < -0.4 is 0 Å². The third kappa shape index (κ3) is 4.07. The van der Waals surface area contributed by atoms with E-state index in [9.17, 15) is 0 Å². The van der Waals surface area contributed by atoms with Gasteiger partial charge < -0.3 is 0 Å². The van der Waals surface area contributed by atoms with Crippen molar-refractivity contribution in [2.24, 2.45) is 0 Å². The predicted molar refractivity (Wildman–Crippen MR) is 29.5 cm³/mol. The summed E-state index contributed by atoms with van der Waals surface area (Å²) in [5.41, 5.74) is 0. The first-order valence-corrected chi connectivity index (χ1v) is 29.5. The molecular formula is C2H4O2Po3. The summed E-state index contributed by atoms with van der Waals surface area (Å²) in [6.45, 7) is 0.886. The van der Waals surface area contributed by atoms with Gasteiger partial charge in [0.2, 0.25) is 0 Å². The third-order valence-electron chi connectivity index (χ3n) is 0.480. The van der Waals surface area contributed by atoms with Gasteiger partial charge in [-0.05, 0) is 0 Å². The molecule has 5 heteroatoms. The van der Waals surface area contributed by atoms with Crippen molar-refractivity contribution in [2.45, 2.75) is 6.29 Å². The molecule has 0 bridgehead atoms.